The molecule has 2 N–H and O–H groups in total. The minimum absolute atomic E-state index is 0.121. The van der Waals surface area contributed by atoms with E-state index in [1.807, 2.05) is 0 Å². The van der Waals surface area contributed by atoms with Crippen molar-refractivity contribution in [1.29, 1.82) is 0 Å². The lowest BCUT2D eigenvalue weighted by atomic mass is 9.90. The Labute approximate surface area is 113 Å². The summed E-state index contributed by atoms with van der Waals surface area (Å²) in [6, 6.07) is 0. The van der Waals surface area contributed by atoms with Crippen LogP contribution < -0.4 is 10.6 Å². The fourth-order valence-electron chi connectivity index (χ4n) is 2.63. The maximum absolute atomic E-state index is 3.65. The Morgan fingerprint density at radius 3 is 2.17 bits per heavy atom. The van der Waals surface area contributed by atoms with Gasteiger partial charge in [-0.15, -0.1) is 0 Å². The Bertz CT molecular complexity index is 308. The van der Waals surface area contributed by atoms with E-state index in [1.165, 1.54) is 0 Å². The number of allylic oxidation sites excluding steroid dienone is 3. The predicted octanol–water partition coefficient (Wildman–Crippen LogP) is 3.12. The van der Waals surface area contributed by atoms with E-state index >= 15 is 0 Å². The molecule has 0 aromatic rings. The first kappa shape index (κ1) is 15.5. The van der Waals surface area contributed by atoms with Crippen molar-refractivity contribution in [3.8, 4) is 0 Å². The Kier molecular flexibility index (Phi) is 5.18. The van der Waals surface area contributed by atoms with Crippen LogP contribution in [0.1, 0.15) is 41.5 Å². The van der Waals surface area contributed by atoms with Crippen LogP contribution in [0.25, 0.3) is 0 Å². The number of hydrogen-bond donors (Lipinski definition) is 2. The van der Waals surface area contributed by atoms with Crippen molar-refractivity contribution in [2.75, 3.05) is 13.1 Å². The molecule has 1 aliphatic rings. The van der Waals surface area contributed by atoms with Crippen LogP contribution in [0, 0.1) is 11.8 Å². The molecule has 1 aliphatic carbocycles. The monoisotopic (exact) mass is 250 g/mol. The molecular weight excluding hydrogens is 220 g/mol. The molecule has 2 heteroatoms. The molecule has 0 amide bonds. The topological polar surface area (TPSA) is 24.1 Å². The summed E-state index contributed by atoms with van der Waals surface area (Å²) in [5.74, 6) is 1.27. The van der Waals surface area contributed by atoms with Crippen LogP contribution in [0.3, 0.4) is 0 Å². The van der Waals surface area contributed by atoms with Gasteiger partial charge in [0.2, 0.25) is 0 Å². The third-order valence-corrected chi connectivity index (χ3v) is 3.22. The first-order valence-electron chi connectivity index (χ1n) is 7.05. The molecule has 0 aromatic carbocycles. The molecule has 2 unspecified atom stereocenters. The Morgan fingerprint density at radius 2 is 1.61 bits per heavy atom. The molecule has 18 heavy (non-hydrogen) atoms. The number of nitrogens with one attached hydrogen (secondary N) is 2. The van der Waals surface area contributed by atoms with E-state index in [1.54, 1.807) is 0 Å². The quantitative estimate of drug-likeness (QED) is 0.783. The van der Waals surface area contributed by atoms with E-state index in [4.69, 9.17) is 0 Å². The van der Waals surface area contributed by atoms with Crippen molar-refractivity contribution in [2.45, 2.75) is 52.6 Å². The average molecular weight is 250 g/mol. The fourth-order valence-corrected chi connectivity index (χ4v) is 2.63. The molecule has 0 bridgehead atoms. The third-order valence-electron chi connectivity index (χ3n) is 3.22. The largest absolute Gasteiger partial charge is 0.314 e. The summed E-state index contributed by atoms with van der Waals surface area (Å²) in [7, 11) is 0. The fraction of sp³-hybridized carbons (Fsp3) is 0.750. The molecule has 0 heterocycles. The first-order chi connectivity index (χ1) is 8.20. The summed E-state index contributed by atoms with van der Waals surface area (Å²) >= 11 is 0. The molecule has 104 valence electrons. The van der Waals surface area contributed by atoms with Crippen LogP contribution in [-0.2, 0) is 0 Å². The smallest absolute Gasteiger partial charge is 0.0254 e. The molecule has 0 spiro atoms. The Balaban J connectivity index is 2.33. The molecule has 0 aromatic heterocycles. The van der Waals surface area contributed by atoms with Gasteiger partial charge < -0.3 is 10.6 Å². The van der Waals surface area contributed by atoms with Crippen LogP contribution in [0.2, 0.25) is 0 Å². The van der Waals surface area contributed by atoms with E-state index in [0.717, 1.165) is 13.1 Å². The summed E-state index contributed by atoms with van der Waals surface area (Å²) in [4.78, 5) is 0. The second-order valence-electron chi connectivity index (χ2n) is 7.18. The van der Waals surface area contributed by atoms with Crippen LogP contribution in [0.5, 0.6) is 0 Å². The first-order valence-corrected chi connectivity index (χ1v) is 7.05. The zero-order valence-electron chi connectivity index (χ0n) is 12.9. The van der Waals surface area contributed by atoms with Crippen LogP contribution in [-0.4, -0.2) is 24.2 Å². The Morgan fingerprint density at radius 1 is 1.00 bits per heavy atom. The second-order valence-corrected chi connectivity index (χ2v) is 7.18. The highest BCUT2D eigenvalue weighted by atomic mass is 15.1. The van der Waals surface area contributed by atoms with Gasteiger partial charge in [-0.2, -0.15) is 0 Å². The van der Waals surface area contributed by atoms with Crippen molar-refractivity contribution in [3.05, 3.63) is 24.3 Å². The normalized spacial score (nSPS) is 24.6. The van der Waals surface area contributed by atoms with E-state index < -0.39 is 0 Å². The molecule has 0 fully saturated rings. The highest BCUT2D eigenvalue weighted by Crippen LogP contribution is 2.18. The van der Waals surface area contributed by atoms with Gasteiger partial charge in [0, 0.05) is 24.2 Å². The standard InChI is InChI=1S/C16H30N2/c1-13-9-7-8-10-14(13)11-17-12-16(5,6)18-15(2,3)4/h7-10,13-14,17-18H,11-12H2,1-6H3. The zero-order chi connectivity index (χ0) is 13.8. The van der Waals surface area contributed by atoms with E-state index in [-0.39, 0.29) is 11.1 Å². The lowest BCUT2D eigenvalue weighted by molar-refractivity contribution is 0.268. The van der Waals surface area contributed by atoms with Gasteiger partial charge in [-0.3, -0.25) is 0 Å². The van der Waals surface area contributed by atoms with E-state index in [2.05, 4.69) is 76.5 Å². The minimum Gasteiger partial charge on any atom is -0.314 e. The Hall–Kier alpha value is -0.600. The molecule has 1 rings (SSSR count). The van der Waals surface area contributed by atoms with Crippen molar-refractivity contribution >= 4 is 0 Å². The maximum Gasteiger partial charge on any atom is 0.0254 e. The SMILES string of the molecule is CC1C=CC=CC1CNCC(C)(C)NC(C)(C)C. The molecule has 2 nitrogen and oxygen atoms in total. The van der Waals surface area contributed by atoms with Gasteiger partial charge in [0.15, 0.2) is 0 Å². The van der Waals surface area contributed by atoms with E-state index in [0.29, 0.717) is 11.8 Å². The van der Waals surface area contributed by atoms with Gasteiger partial charge in [0.25, 0.3) is 0 Å². The lowest BCUT2D eigenvalue weighted by Gasteiger charge is -2.35. The van der Waals surface area contributed by atoms with Gasteiger partial charge in [-0.1, -0.05) is 31.2 Å². The van der Waals surface area contributed by atoms with Crippen molar-refractivity contribution in [1.82, 2.24) is 10.6 Å². The van der Waals surface area contributed by atoms with Crippen molar-refractivity contribution < 1.29 is 0 Å². The number of rotatable bonds is 5. The van der Waals surface area contributed by atoms with Gasteiger partial charge in [-0.05, 0) is 46.5 Å². The average Bonchev–Trinajstić information content (AvgIpc) is 2.17. The van der Waals surface area contributed by atoms with Crippen molar-refractivity contribution in [2.24, 2.45) is 11.8 Å². The summed E-state index contributed by atoms with van der Waals surface area (Å²) in [6.07, 6.45) is 8.89. The molecular formula is C16H30N2. The number of hydrogen-bond acceptors (Lipinski definition) is 2. The second kappa shape index (κ2) is 6.03. The maximum atomic E-state index is 3.65. The molecule has 0 radical (unpaired) electrons. The zero-order valence-corrected chi connectivity index (χ0v) is 12.9. The lowest BCUT2D eigenvalue weighted by Crippen LogP contribution is -2.55. The minimum atomic E-state index is 0.121. The summed E-state index contributed by atoms with van der Waals surface area (Å²) < 4.78 is 0. The van der Waals surface area contributed by atoms with Gasteiger partial charge >= 0.3 is 0 Å². The van der Waals surface area contributed by atoms with Crippen LogP contribution in [0.15, 0.2) is 24.3 Å². The molecule has 0 aliphatic heterocycles. The highest BCUT2D eigenvalue weighted by molar-refractivity contribution is 5.13. The van der Waals surface area contributed by atoms with Gasteiger partial charge in [0.1, 0.15) is 0 Å². The van der Waals surface area contributed by atoms with Crippen LogP contribution in [0.4, 0.5) is 0 Å². The molecule has 0 saturated heterocycles. The third kappa shape index (κ3) is 5.83. The summed E-state index contributed by atoms with van der Waals surface area (Å²) in [5, 5.41) is 7.25. The van der Waals surface area contributed by atoms with Gasteiger partial charge in [0.05, 0.1) is 0 Å². The highest BCUT2D eigenvalue weighted by Gasteiger charge is 2.24. The van der Waals surface area contributed by atoms with Gasteiger partial charge in [-0.25, -0.2) is 0 Å². The molecule has 2 atom stereocenters. The van der Waals surface area contributed by atoms with Crippen molar-refractivity contribution in [3.63, 3.8) is 0 Å². The van der Waals surface area contributed by atoms with Crippen LogP contribution >= 0.6 is 0 Å². The summed E-state index contributed by atoms with van der Waals surface area (Å²) in [5.41, 5.74) is 0.279. The van der Waals surface area contributed by atoms with E-state index in [9.17, 15) is 0 Å². The predicted molar refractivity (Wildman–Crippen MR) is 80.8 cm³/mol. The summed E-state index contributed by atoms with van der Waals surface area (Å²) in [6.45, 7) is 15.5. The molecule has 0 saturated carbocycles.